The molecule has 0 fully saturated rings. The zero-order valence-electron chi connectivity index (χ0n) is 29.3. The van der Waals surface area contributed by atoms with Gasteiger partial charge in [0.15, 0.2) is 0 Å². The molecule has 8 aromatic carbocycles. The first kappa shape index (κ1) is 29.9. The van der Waals surface area contributed by atoms with Gasteiger partial charge in [0, 0.05) is 49.0 Å². The molecular weight excluding hydrogens is 677 g/mol. The third-order valence-corrected chi connectivity index (χ3v) is 11.1. The van der Waals surface area contributed by atoms with E-state index in [0.717, 1.165) is 98.7 Å². The highest BCUT2D eigenvalue weighted by Gasteiger charge is 2.25. The Morgan fingerprint density at radius 1 is 0.436 bits per heavy atom. The van der Waals surface area contributed by atoms with E-state index in [9.17, 15) is 0 Å². The molecule has 0 saturated carbocycles. The number of fused-ring (bicyclic) bond motifs is 14. The zero-order valence-corrected chi connectivity index (χ0v) is 29.3. The van der Waals surface area contributed by atoms with Crippen LogP contribution in [0.4, 0.5) is 0 Å². The van der Waals surface area contributed by atoms with Crippen molar-refractivity contribution in [3.63, 3.8) is 0 Å². The van der Waals surface area contributed by atoms with Crippen LogP contribution >= 0.6 is 0 Å². The lowest BCUT2D eigenvalue weighted by Crippen LogP contribution is -2.20. The fourth-order valence-corrected chi connectivity index (χ4v) is 8.81. The van der Waals surface area contributed by atoms with Crippen LogP contribution in [0.2, 0.25) is 0 Å². The minimum absolute atomic E-state index is 0.0991. The fraction of sp³-hybridized carbons (Fsp3) is 0. The molecule has 0 N–H and O–H groups in total. The van der Waals surface area contributed by atoms with Crippen LogP contribution in [0.15, 0.2) is 179 Å². The molecule has 256 valence electrons. The second-order valence-corrected chi connectivity index (χ2v) is 14.1. The number of benzene rings is 8. The van der Waals surface area contributed by atoms with E-state index in [0.29, 0.717) is 11.3 Å². The molecule has 4 heterocycles. The molecule has 0 bridgehead atoms. The van der Waals surface area contributed by atoms with Crippen molar-refractivity contribution in [2.45, 2.75) is 0 Å². The molecule has 0 aliphatic carbocycles. The summed E-state index contributed by atoms with van der Waals surface area (Å²) >= 11 is 0. The Morgan fingerprint density at radius 2 is 1.02 bits per heavy atom. The molecule has 6 heteroatoms. The summed E-state index contributed by atoms with van der Waals surface area (Å²) in [6.07, 6.45) is 0. The van der Waals surface area contributed by atoms with Crippen LogP contribution in [0.3, 0.4) is 0 Å². The van der Waals surface area contributed by atoms with Crippen LogP contribution < -0.4 is 5.56 Å². The number of para-hydroxylation sites is 5. The largest absolute Gasteiger partial charge is 0.456 e. The summed E-state index contributed by atoms with van der Waals surface area (Å²) in [5.74, 6) is 0.493. The molecule has 6 nitrogen and oxygen atoms in total. The van der Waals surface area contributed by atoms with E-state index in [1.54, 1.807) is 0 Å². The third-order valence-electron chi connectivity index (χ3n) is 11.1. The lowest BCUT2D eigenvalue weighted by atomic mass is 9.94. The van der Waals surface area contributed by atoms with Gasteiger partial charge in [-0.15, -0.1) is 0 Å². The van der Waals surface area contributed by atoms with Crippen molar-refractivity contribution in [2.75, 3.05) is 0 Å². The van der Waals surface area contributed by atoms with Gasteiger partial charge in [0.05, 0.1) is 33.1 Å². The van der Waals surface area contributed by atoms with Gasteiger partial charge in [0.25, 0.3) is 5.56 Å². The highest BCUT2D eigenvalue weighted by molar-refractivity contribution is 6.35. The number of hydrogen-bond acceptors (Lipinski definition) is 4. The van der Waals surface area contributed by atoms with E-state index < -0.39 is 0 Å². The molecule has 12 aromatic rings. The Morgan fingerprint density at radius 3 is 1.80 bits per heavy atom. The normalized spacial score (nSPS) is 12.1. The van der Waals surface area contributed by atoms with Crippen LogP contribution in [-0.4, -0.2) is 19.1 Å². The van der Waals surface area contributed by atoms with Crippen LogP contribution in [-0.2, 0) is 0 Å². The first-order chi connectivity index (χ1) is 27.2. The standard InChI is InChI=1S/C49H28N4O2/c54-48-45-43(35-20-7-11-23-39(35)52(48)30-14-2-1-3-15-30)32-17-4-5-18-33(32)44-36-21-8-12-24-40(36)53(47(44)45)49-50-38-22-10-6-19-34(38)46(51-49)29-26-27-42-37(28-29)31-16-9-13-25-41(31)55-42/h1-28H. The van der Waals surface area contributed by atoms with Gasteiger partial charge in [0.2, 0.25) is 5.95 Å². The Hall–Kier alpha value is -7.57. The summed E-state index contributed by atoms with van der Waals surface area (Å²) in [5.41, 5.74) is 7.50. The molecule has 0 unspecified atom stereocenters. The fourth-order valence-electron chi connectivity index (χ4n) is 8.81. The third kappa shape index (κ3) is 4.16. The molecule has 0 amide bonds. The number of rotatable bonds is 3. The molecule has 0 atom stereocenters. The highest BCUT2D eigenvalue weighted by Crippen LogP contribution is 2.44. The molecule has 0 aliphatic heterocycles. The molecule has 0 aliphatic rings. The molecular formula is C49H28N4O2. The first-order valence-electron chi connectivity index (χ1n) is 18.4. The van der Waals surface area contributed by atoms with Crippen molar-refractivity contribution in [3.05, 3.63) is 180 Å². The van der Waals surface area contributed by atoms with Crippen LogP contribution in [0.5, 0.6) is 0 Å². The van der Waals surface area contributed by atoms with E-state index in [-0.39, 0.29) is 5.56 Å². The molecule has 12 rings (SSSR count). The van der Waals surface area contributed by atoms with Crippen molar-refractivity contribution in [3.8, 4) is 22.9 Å². The monoisotopic (exact) mass is 704 g/mol. The number of hydrogen-bond donors (Lipinski definition) is 0. The molecule has 0 spiro atoms. The maximum absolute atomic E-state index is 15.5. The average Bonchev–Trinajstić information content (AvgIpc) is 3.79. The van der Waals surface area contributed by atoms with Crippen molar-refractivity contribution < 1.29 is 4.42 Å². The minimum Gasteiger partial charge on any atom is -0.456 e. The van der Waals surface area contributed by atoms with E-state index in [4.69, 9.17) is 14.4 Å². The summed E-state index contributed by atoms with van der Waals surface area (Å²) in [4.78, 5) is 26.2. The van der Waals surface area contributed by atoms with Crippen molar-refractivity contribution in [1.29, 1.82) is 0 Å². The smallest absolute Gasteiger partial charge is 0.265 e. The predicted molar refractivity (Wildman–Crippen MR) is 225 cm³/mol. The van der Waals surface area contributed by atoms with Crippen LogP contribution in [0.1, 0.15) is 0 Å². The second-order valence-electron chi connectivity index (χ2n) is 14.1. The van der Waals surface area contributed by atoms with Crippen LogP contribution in [0.25, 0.3) is 110 Å². The van der Waals surface area contributed by atoms with Gasteiger partial charge in [-0.05, 0) is 65.4 Å². The highest BCUT2D eigenvalue weighted by atomic mass is 16.3. The maximum Gasteiger partial charge on any atom is 0.265 e. The Labute approximate surface area is 312 Å². The van der Waals surface area contributed by atoms with Gasteiger partial charge in [0.1, 0.15) is 11.2 Å². The van der Waals surface area contributed by atoms with Gasteiger partial charge in [-0.1, -0.05) is 115 Å². The summed E-state index contributed by atoms with van der Waals surface area (Å²) in [7, 11) is 0. The van der Waals surface area contributed by atoms with Crippen molar-refractivity contribution >= 4 is 87.1 Å². The number of aromatic nitrogens is 4. The van der Waals surface area contributed by atoms with Crippen molar-refractivity contribution in [1.82, 2.24) is 19.1 Å². The summed E-state index contributed by atoms with van der Waals surface area (Å²) < 4.78 is 10.2. The lowest BCUT2D eigenvalue weighted by Gasteiger charge is -2.17. The Balaban J connectivity index is 1.28. The van der Waals surface area contributed by atoms with Gasteiger partial charge >= 0.3 is 0 Å². The molecule has 4 aromatic heterocycles. The molecule has 55 heavy (non-hydrogen) atoms. The average molecular weight is 705 g/mol. The zero-order chi connectivity index (χ0) is 36.2. The Bertz CT molecular complexity index is 3630. The molecule has 0 saturated heterocycles. The van der Waals surface area contributed by atoms with Gasteiger partial charge in [-0.25, -0.2) is 9.97 Å². The van der Waals surface area contributed by atoms with Crippen LogP contribution in [0, 0.1) is 0 Å². The SMILES string of the molecule is O=c1c2c(c3ccccc3c3c4ccccc4n(-c4nc(-c5ccc6oc7ccccc7c6c5)c5ccccc5n4)c23)c2ccccc2n1-c1ccccc1. The van der Waals surface area contributed by atoms with E-state index >= 15 is 4.79 Å². The quantitative estimate of drug-likeness (QED) is 0.172. The number of furan rings is 1. The van der Waals surface area contributed by atoms with E-state index in [2.05, 4.69) is 83.4 Å². The summed E-state index contributed by atoms with van der Waals surface area (Å²) in [5, 5.41) is 9.68. The van der Waals surface area contributed by atoms with Gasteiger partial charge < -0.3 is 4.42 Å². The van der Waals surface area contributed by atoms with Gasteiger partial charge in [-0.3, -0.25) is 13.9 Å². The summed E-state index contributed by atoms with van der Waals surface area (Å²) in [6.45, 7) is 0. The molecule has 0 radical (unpaired) electrons. The lowest BCUT2D eigenvalue weighted by molar-refractivity contribution is 0.669. The second kappa shape index (κ2) is 11.2. The Kier molecular flexibility index (Phi) is 6.11. The van der Waals surface area contributed by atoms with Gasteiger partial charge in [-0.2, -0.15) is 0 Å². The minimum atomic E-state index is -0.0991. The topological polar surface area (TPSA) is 65.8 Å². The predicted octanol–water partition coefficient (Wildman–Crippen LogP) is 11.9. The van der Waals surface area contributed by atoms with E-state index in [1.807, 2.05) is 95.6 Å². The number of pyridine rings is 1. The van der Waals surface area contributed by atoms with Crippen molar-refractivity contribution in [2.24, 2.45) is 0 Å². The van der Waals surface area contributed by atoms with E-state index in [1.165, 1.54) is 0 Å². The first-order valence-corrected chi connectivity index (χ1v) is 18.4. The summed E-state index contributed by atoms with van der Waals surface area (Å²) in [6, 6.07) is 57.4. The number of nitrogens with zero attached hydrogens (tertiary/aromatic N) is 4. The maximum atomic E-state index is 15.5.